The Morgan fingerprint density at radius 3 is 2.67 bits per heavy atom. The molecule has 1 aromatic carbocycles. The normalized spacial score (nSPS) is 19.0. The number of carbonyl (C=O) groups is 3. The summed E-state index contributed by atoms with van der Waals surface area (Å²) in [5.41, 5.74) is 0.664. The Morgan fingerprint density at radius 2 is 1.97 bits per heavy atom. The van der Waals surface area contributed by atoms with Crippen LogP contribution >= 0.6 is 0 Å². The summed E-state index contributed by atoms with van der Waals surface area (Å²) in [6.07, 6.45) is 0.0936. The molecule has 2 atom stereocenters. The smallest absolute Gasteiger partial charge is 0.242 e. The molecule has 2 heterocycles. The van der Waals surface area contributed by atoms with Gasteiger partial charge in [0.2, 0.25) is 17.7 Å². The molecule has 9 nitrogen and oxygen atoms in total. The standard InChI is InChI=1S/C21H29N3O6/c1-13(2)19(21(27)22-6-7-28-3)23-20(26)14-10-18(25)24(12-14)15-4-5-16-17(11-15)30-9-8-29-16/h4-5,11,13-14,19H,6-10,12H2,1-3H3,(H,22,27)(H,23,26)/t14?,19-/m0/s1. The Labute approximate surface area is 176 Å². The van der Waals surface area contributed by atoms with Crippen LogP contribution in [0.4, 0.5) is 5.69 Å². The second kappa shape index (κ2) is 9.80. The van der Waals surface area contributed by atoms with Gasteiger partial charge in [-0.1, -0.05) is 13.8 Å². The van der Waals surface area contributed by atoms with Gasteiger partial charge in [0, 0.05) is 38.4 Å². The fourth-order valence-corrected chi connectivity index (χ4v) is 3.53. The Hall–Kier alpha value is -2.81. The van der Waals surface area contributed by atoms with E-state index in [9.17, 15) is 14.4 Å². The van der Waals surface area contributed by atoms with Gasteiger partial charge in [0.05, 0.1) is 12.5 Å². The summed E-state index contributed by atoms with van der Waals surface area (Å²) < 4.78 is 16.0. The molecule has 0 bridgehead atoms. The van der Waals surface area contributed by atoms with E-state index in [1.54, 1.807) is 30.2 Å². The highest BCUT2D eigenvalue weighted by atomic mass is 16.6. The van der Waals surface area contributed by atoms with Gasteiger partial charge in [-0.3, -0.25) is 14.4 Å². The molecule has 3 amide bonds. The van der Waals surface area contributed by atoms with Crippen LogP contribution in [-0.4, -0.2) is 63.8 Å². The van der Waals surface area contributed by atoms with Crippen molar-refractivity contribution in [3.63, 3.8) is 0 Å². The fraction of sp³-hybridized carbons (Fsp3) is 0.571. The Balaban J connectivity index is 1.63. The number of ether oxygens (including phenoxy) is 3. The molecule has 3 rings (SSSR count). The highest BCUT2D eigenvalue weighted by molar-refractivity contribution is 6.01. The third-order valence-corrected chi connectivity index (χ3v) is 5.19. The van der Waals surface area contributed by atoms with E-state index in [1.165, 1.54) is 0 Å². The number of hydrogen-bond donors (Lipinski definition) is 2. The van der Waals surface area contributed by atoms with Gasteiger partial charge in [-0.05, 0) is 18.1 Å². The van der Waals surface area contributed by atoms with Crippen molar-refractivity contribution >= 4 is 23.4 Å². The molecule has 0 aliphatic carbocycles. The number of nitrogens with one attached hydrogen (secondary N) is 2. The maximum Gasteiger partial charge on any atom is 0.242 e. The van der Waals surface area contributed by atoms with Crippen LogP contribution in [0.5, 0.6) is 11.5 Å². The van der Waals surface area contributed by atoms with Gasteiger partial charge in [-0.25, -0.2) is 0 Å². The van der Waals surface area contributed by atoms with E-state index in [2.05, 4.69) is 10.6 Å². The van der Waals surface area contributed by atoms with Crippen molar-refractivity contribution in [2.45, 2.75) is 26.3 Å². The number of fused-ring (bicyclic) bond motifs is 1. The SMILES string of the molecule is COCCNC(=O)[C@@H](NC(=O)C1CC(=O)N(c2ccc3c(c2)OCCO3)C1)C(C)C. The number of benzene rings is 1. The molecule has 1 unspecified atom stereocenters. The highest BCUT2D eigenvalue weighted by Crippen LogP contribution is 2.36. The Bertz CT molecular complexity index is 797. The molecule has 0 aromatic heterocycles. The third kappa shape index (κ3) is 5.02. The van der Waals surface area contributed by atoms with Crippen molar-refractivity contribution in [2.24, 2.45) is 11.8 Å². The second-order valence-corrected chi connectivity index (χ2v) is 7.75. The van der Waals surface area contributed by atoms with E-state index in [4.69, 9.17) is 14.2 Å². The summed E-state index contributed by atoms with van der Waals surface area (Å²) in [5.74, 6) is -0.0941. The predicted molar refractivity (Wildman–Crippen MR) is 110 cm³/mol. The van der Waals surface area contributed by atoms with E-state index in [1.807, 2.05) is 13.8 Å². The molecule has 2 N–H and O–H groups in total. The van der Waals surface area contributed by atoms with Crippen LogP contribution < -0.4 is 25.0 Å². The van der Waals surface area contributed by atoms with Crippen molar-refractivity contribution in [3.8, 4) is 11.5 Å². The lowest BCUT2D eigenvalue weighted by molar-refractivity contribution is -0.132. The number of carbonyl (C=O) groups excluding carboxylic acids is 3. The molecule has 1 fully saturated rings. The molecular formula is C21H29N3O6. The van der Waals surface area contributed by atoms with Gasteiger partial charge in [0.15, 0.2) is 11.5 Å². The molecule has 2 aliphatic rings. The summed E-state index contributed by atoms with van der Waals surface area (Å²) in [5, 5.41) is 5.56. The topological polar surface area (TPSA) is 106 Å². The largest absolute Gasteiger partial charge is 0.486 e. The van der Waals surface area contributed by atoms with Crippen molar-refractivity contribution in [1.82, 2.24) is 10.6 Å². The lowest BCUT2D eigenvalue weighted by Gasteiger charge is -2.24. The lowest BCUT2D eigenvalue weighted by atomic mass is 10.0. The van der Waals surface area contributed by atoms with E-state index < -0.39 is 12.0 Å². The van der Waals surface area contributed by atoms with Gasteiger partial charge in [0.25, 0.3) is 0 Å². The molecule has 9 heteroatoms. The van der Waals surface area contributed by atoms with E-state index >= 15 is 0 Å². The molecule has 164 valence electrons. The minimum atomic E-state index is -0.673. The van der Waals surface area contributed by atoms with Crippen LogP contribution in [0.2, 0.25) is 0 Å². The summed E-state index contributed by atoms with van der Waals surface area (Å²) >= 11 is 0. The molecule has 0 spiro atoms. The molecular weight excluding hydrogens is 390 g/mol. The monoisotopic (exact) mass is 419 g/mol. The quantitative estimate of drug-likeness (QED) is 0.602. The number of nitrogens with zero attached hydrogens (tertiary/aromatic N) is 1. The van der Waals surface area contributed by atoms with Crippen LogP contribution in [0.3, 0.4) is 0 Å². The number of rotatable bonds is 8. The lowest BCUT2D eigenvalue weighted by Crippen LogP contribution is -2.51. The first-order chi connectivity index (χ1) is 14.4. The Morgan fingerprint density at radius 1 is 1.23 bits per heavy atom. The zero-order valence-electron chi connectivity index (χ0n) is 17.6. The van der Waals surface area contributed by atoms with Crippen LogP contribution in [0.25, 0.3) is 0 Å². The van der Waals surface area contributed by atoms with Crippen LogP contribution in [0, 0.1) is 11.8 Å². The van der Waals surface area contributed by atoms with Gasteiger partial charge in [-0.2, -0.15) is 0 Å². The van der Waals surface area contributed by atoms with Gasteiger partial charge in [0.1, 0.15) is 19.3 Å². The third-order valence-electron chi connectivity index (χ3n) is 5.19. The van der Waals surface area contributed by atoms with Crippen molar-refractivity contribution in [3.05, 3.63) is 18.2 Å². The predicted octanol–water partition coefficient (Wildman–Crippen LogP) is 0.714. The van der Waals surface area contributed by atoms with Crippen LogP contribution in [0.15, 0.2) is 18.2 Å². The fourth-order valence-electron chi connectivity index (χ4n) is 3.53. The maximum absolute atomic E-state index is 12.8. The highest BCUT2D eigenvalue weighted by Gasteiger charge is 2.37. The molecule has 0 saturated carbocycles. The second-order valence-electron chi connectivity index (χ2n) is 7.75. The molecule has 2 aliphatic heterocycles. The molecule has 0 radical (unpaired) electrons. The number of hydrogen-bond acceptors (Lipinski definition) is 6. The average Bonchev–Trinajstić information content (AvgIpc) is 3.13. The van der Waals surface area contributed by atoms with E-state index in [0.29, 0.717) is 43.6 Å². The minimum absolute atomic E-state index is 0.0936. The molecule has 30 heavy (non-hydrogen) atoms. The summed E-state index contributed by atoms with van der Waals surface area (Å²) in [4.78, 5) is 39.4. The van der Waals surface area contributed by atoms with Crippen molar-refractivity contribution in [1.29, 1.82) is 0 Å². The average molecular weight is 419 g/mol. The zero-order chi connectivity index (χ0) is 21.7. The summed E-state index contributed by atoms with van der Waals surface area (Å²) in [6.45, 7) is 5.69. The van der Waals surface area contributed by atoms with E-state index in [0.717, 1.165) is 0 Å². The van der Waals surface area contributed by atoms with E-state index in [-0.39, 0.29) is 36.6 Å². The first-order valence-electron chi connectivity index (χ1n) is 10.2. The first kappa shape index (κ1) is 21.9. The zero-order valence-corrected chi connectivity index (χ0v) is 17.6. The maximum atomic E-state index is 12.8. The minimum Gasteiger partial charge on any atom is -0.486 e. The molecule has 1 aromatic rings. The number of methoxy groups -OCH3 is 1. The van der Waals surface area contributed by atoms with Gasteiger partial charge < -0.3 is 29.7 Å². The van der Waals surface area contributed by atoms with Crippen LogP contribution in [-0.2, 0) is 19.1 Å². The number of amides is 3. The van der Waals surface area contributed by atoms with Crippen LogP contribution in [0.1, 0.15) is 20.3 Å². The van der Waals surface area contributed by atoms with Crippen molar-refractivity contribution in [2.75, 3.05) is 44.9 Å². The first-order valence-corrected chi connectivity index (χ1v) is 10.2. The summed E-state index contributed by atoms with van der Waals surface area (Å²) in [7, 11) is 1.55. The number of anilines is 1. The van der Waals surface area contributed by atoms with Crippen molar-refractivity contribution < 1.29 is 28.6 Å². The van der Waals surface area contributed by atoms with Gasteiger partial charge in [-0.15, -0.1) is 0 Å². The van der Waals surface area contributed by atoms with Gasteiger partial charge >= 0.3 is 0 Å². The Kier molecular flexibility index (Phi) is 7.15. The summed E-state index contributed by atoms with van der Waals surface area (Å²) in [6, 6.07) is 4.63. The molecule has 1 saturated heterocycles.